The number of benzene rings is 1. The van der Waals surface area contributed by atoms with Gasteiger partial charge >= 0.3 is 5.69 Å². The number of halogens is 1. The van der Waals surface area contributed by atoms with Crippen LogP contribution in [0.5, 0.6) is 0 Å². The Hall–Kier alpha value is -1.80. The lowest BCUT2D eigenvalue weighted by atomic mass is 10.3. The van der Waals surface area contributed by atoms with Crippen LogP contribution in [-0.4, -0.2) is 29.4 Å². The van der Waals surface area contributed by atoms with Gasteiger partial charge in [-0.15, -0.1) is 0 Å². The average Bonchev–Trinajstić information content (AvgIpc) is 2.59. The second-order valence-electron chi connectivity index (χ2n) is 3.97. The minimum absolute atomic E-state index is 0.189. The predicted molar refractivity (Wildman–Crippen MR) is 72.4 cm³/mol. The lowest BCUT2D eigenvalue weighted by Crippen LogP contribution is -2.16. The third-order valence-electron chi connectivity index (χ3n) is 2.22. The molecular formula is C10H11ClN4O3S. The molecule has 19 heavy (non-hydrogen) atoms. The highest BCUT2D eigenvalue weighted by molar-refractivity contribution is 7.92. The van der Waals surface area contributed by atoms with Crippen LogP contribution in [0, 0.1) is 6.92 Å². The van der Waals surface area contributed by atoms with Gasteiger partial charge in [-0.3, -0.25) is 9.71 Å². The number of H-pyrrole nitrogens is 1. The van der Waals surface area contributed by atoms with Gasteiger partial charge < -0.3 is 0 Å². The predicted octanol–water partition coefficient (Wildman–Crippen LogP) is 0.894. The van der Waals surface area contributed by atoms with Gasteiger partial charge in [0, 0.05) is 0 Å². The number of anilines is 1. The molecule has 2 rings (SSSR count). The lowest BCUT2D eigenvalue weighted by Gasteiger charge is -2.08. The standard InChI is InChI=1S/C10H11ClN4O3S/c1-6-12-10(16)15(13-6)7-3-4-8(11)9(5-7)14-19(2,17)18/h3-5,14H,1-2H3,(H,12,13,16). The molecule has 0 amide bonds. The molecule has 0 saturated carbocycles. The summed E-state index contributed by atoms with van der Waals surface area (Å²) in [4.78, 5) is 14.1. The fraction of sp³-hybridized carbons (Fsp3) is 0.200. The van der Waals surface area contributed by atoms with E-state index in [1.807, 2.05) is 0 Å². The molecule has 1 heterocycles. The van der Waals surface area contributed by atoms with Gasteiger partial charge in [0.2, 0.25) is 10.0 Å². The molecule has 0 radical (unpaired) electrons. The van der Waals surface area contributed by atoms with E-state index in [0.29, 0.717) is 11.5 Å². The van der Waals surface area contributed by atoms with Crippen molar-refractivity contribution in [2.75, 3.05) is 11.0 Å². The maximum absolute atomic E-state index is 11.6. The van der Waals surface area contributed by atoms with Crippen LogP contribution in [0.3, 0.4) is 0 Å². The van der Waals surface area contributed by atoms with Gasteiger partial charge in [0.15, 0.2) is 0 Å². The van der Waals surface area contributed by atoms with Crippen molar-refractivity contribution < 1.29 is 8.42 Å². The minimum atomic E-state index is -3.45. The molecule has 1 aromatic carbocycles. The quantitative estimate of drug-likeness (QED) is 0.880. The number of aryl methyl sites for hydroxylation is 1. The molecule has 102 valence electrons. The van der Waals surface area contributed by atoms with Crippen LogP contribution in [-0.2, 0) is 10.0 Å². The Morgan fingerprint density at radius 1 is 1.42 bits per heavy atom. The van der Waals surface area contributed by atoms with Crippen molar-refractivity contribution in [3.63, 3.8) is 0 Å². The third kappa shape index (κ3) is 3.15. The second-order valence-corrected chi connectivity index (χ2v) is 6.12. The SMILES string of the molecule is Cc1nn(-c2ccc(Cl)c(NS(C)(=O)=O)c2)c(=O)[nH]1. The molecule has 0 saturated heterocycles. The Balaban J connectivity index is 2.53. The first-order valence-electron chi connectivity index (χ1n) is 5.20. The largest absolute Gasteiger partial charge is 0.348 e. The van der Waals surface area contributed by atoms with Crippen LogP contribution in [0.4, 0.5) is 5.69 Å². The summed E-state index contributed by atoms with van der Waals surface area (Å²) in [5, 5.41) is 4.21. The molecule has 0 atom stereocenters. The number of rotatable bonds is 3. The van der Waals surface area contributed by atoms with Gasteiger partial charge in [-0.05, 0) is 25.1 Å². The Morgan fingerprint density at radius 2 is 2.11 bits per heavy atom. The Labute approximate surface area is 114 Å². The van der Waals surface area contributed by atoms with E-state index in [2.05, 4.69) is 14.8 Å². The smallest absolute Gasteiger partial charge is 0.293 e. The van der Waals surface area contributed by atoms with E-state index < -0.39 is 15.7 Å². The summed E-state index contributed by atoms with van der Waals surface area (Å²) >= 11 is 5.89. The minimum Gasteiger partial charge on any atom is -0.293 e. The summed E-state index contributed by atoms with van der Waals surface area (Å²) in [6, 6.07) is 4.49. The van der Waals surface area contributed by atoms with Gasteiger partial charge in [0.1, 0.15) is 5.82 Å². The van der Waals surface area contributed by atoms with Crippen LogP contribution >= 0.6 is 11.6 Å². The summed E-state index contributed by atoms with van der Waals surface area (Å²) in [5.41, 5.74) is 0.184. The molecule has 0 aliphatic carbocycles. The molecule has 0 bridgehead atoms. The number of aromatic amines is 1. The molecular weight excluding hydrogens is 292 g/mol. The monoisotopic (exact) mass is 302 g/mol. The van der Waals surface area contributed by atoms with Gasteiger partial charge in [-0.1, -0.05) is 11.6 Å². The van der Waals surface area contributed by atoms with Crippen LogP contribution in [0.25, 0.3) is 5.69 Å². The number of hydrogen-bond acceptors (Lipinski definition) is 4. The first-order valence-corrected chi connectivity index (χ1v) is 7.47. The summed E-state index contributed by atoms with van der Waals surface area (Å²) in [6.45, 7) is 1.64. The van der Waals surface area contributed by atoms with Crippen molar-refractivity contribution in [3.05, 3.63) is 39.5 Å². The summed E-state index contributed by atoms with van der Waals surface area (Å²) in [7, 11) is -3.45. The first-order chi connectivity index (χ1) is 8.76. The van der Waals surface area contributed by atoms with E-state index in [1.54, 1.807) is 13.0 Å². The van der Waals surface area contributed by atoms with Gasteiger partial charge in [-0.25, -0.2) is 13.2 Å². The fourth-order valence-electron chi connectivity index (χ4n) is 1.53. The number of sulfonamides is 1. The zero-order valence-corrected chi connectivity index (χ0v) is 11.7. The zero-order valence-electron chi connectivity index (χ0n) is 10.1. The van der Waals surface area contributed by atoms with E-state index in [-0.39, 0.29) is 10.7 Å². The Morgan fingerprint density at radius 3 is 2.63 bits per heavy atom. The van der Waals surface area contributed by atoms with Crippen molar-refractivity contribution in [1.29, 1.82) is 0 Å². The molecule has 0 aliphatic heterocycles. The van der Waals surface area contributed by atoms with Gasteiger partial charge in [-0.2, -0.15) is 9.78 Å². The average molecular weight is 303 g/mol. The van der Waals surface area contributed by atoms with E-state index in [1.165, 1.54) is 12.1 Å². The summed E-state index contributed by atoms with van der Waals surface area (Å²) < 4.78 is 25.8. The molecule has 0 spiro atoms. The molecule has 1 aromatic heterocycles. The molecule has 0 fully saturated rings. The van der Waals surface area contributed by atoms with E-state index in [0.717, 1.165) is 10.9 Å². The zero-order chi connectivity index (χ0) is 14.2. The summed E-state index contributed by atoms with van der Waals surface area (Å²) in [6.07, 6.45) is 1.01. The number of aromatic nitrogens is 3. The van der Waals surface area contributed by atoms with Crippen molar-refractivity contribution in [2.45, 2.75) is 6.92 Å². The second kappa shape index (κ2) is 4.71. The molecule has 9 heteroatoms. The number of hydrogen-bond donors (Lipinski definition) is 2. The van der Waals surface area contributed by atoms with E-state index in [9.17, 15) is 13.2 Å². The Bertz CT molecular complexity index is 778. The fourth-order valence-corrected chi connectivity index (χ4v) is 2.32. The highest BCUT2D eigenvalue weighted by Crippen LogP contribution is 2.24. The van der Waals surface area contributed by atoms with E-state index in [4.69, 9.17) is 11.6 Å². The molecule has 0 aliphatic rings. The highest BCUT2D eigenvalue weighted by atomic mass is 35.5. The Kier molecular flexibility index (Phi) is 3.38. The maximum Gasteiger partial charge on any atom is 0.348 e. The molecule has 7 nitrogen and oxygen atoms in total. The lowest BCUT2D eigenvalue weighted by molar-refractivity contribution is 0.607. The van der Waals surface area contributed by atoms with Crippen LogP contribution in [0.1, 0.15) is 5.82 Å². The van der Waals surface area contributed by atoms with Gasteiger partial charge in [0.05, 0.1) is 22.7 Å². The number of nitrogens with one attached hydrogen (secondary N) is 2. The third-order valence-corrected chi connectivity index (χ3v) is 3.14. The van der Waals surface area contributed by atoms with Crippen molar-refractivity contribution >= 4 is 27.3 Å². The van der Waals surface area contributed by atoms with Crippen molar-refractivity contribution in [3.8, 4) is 5.69 Å². The first kappa shape index (κ1) is 13.6. The van der Waals surface area contributed by atoms with E-state index >= 15 is 0 Å². The molecule has 0 unspecified atom stereocenters. The molecule has 2 N–H and O–H groups in total. The van der Waals surface area contributed by atoms with Crippen molar-refractivity contribution in [2.24, 2.45) is 0 Å². The summed E-state index contributed by atoms with van der Waals surface area (Å²) in [5.74, 6) is 0.456. The highest BCUT2D eigenvalue weighted by Gasteiger charge is 2.10. The number of nitrogens with zero attached hydrogens (tertiary/aromatic N) is 2. The van der Waals surface area contributed by atoms with Crippen LogP contribution < -0.4 is 10.4 Å². The van der Waals surface area contributed by atoms with Gasteiger partial charge in [0.25, 0.3) is 0 Å². The maximum atomic E-state index is 11.6. The van der Waals surface area contributed by atoms with Crippen LogP contribution in [0.15, 0.2) is 23.0 Å². The normalized spacial score (nSPS) is 11.5. The van der Waals surface area contributed by atoms with Crippen molar-refractivity contribution in [1.82, 2.24) is 14.8 Å². The molecule has 2 aromatic rings. The topological polar surface area (TPSA) is 96.8 Å². The van der Waals surface area contributed by atoms with Crippen LogP contribution in [0.2, 0.25) is 5.02 Å².